The van der Waals surface area contributed by atoms with E-state index in [4.69, 9.17) is 4.74 Å². The Labute approximate surface area is 68.0 Å². The van der Waals surface area contributed by atoms with Gasteiger partial charge in [-0.05, 0) is 19.3 Å². The maximum absolute atomic E-state index is 5.35. The number of hydrogen-bond donors (Lipinski definition) is 0. The Hall–Kier alpha value is -0.790. The van der Waals surface area contributed by atoms with E-state index in [2.05, 4.69) is 18.5 Å². The fraction of sp³-hybridized carbons (Fsp3) is 0.667. The third-order valence-corrected chi connectivity index (χ3v) is 1.93. The van der Waals surface area contributed by atoms with Crippen LogP contribution in [0.25, 0.3) is 0 Å². The van der Waals surface area contributed by atoms with Gasteiger partial charge in [-0.1, -0.05) is 13.5 Å². The SMILES string of the molecule is C=C(C)OC(=NC)C1CC1C. The lowest BCUT2D eigenvalue weighted by Gasteiger charge is -2.05. The summed E-state index contributed by atoms with van der Waals surface area (Å²) in [6.07, 6.45) is 1.21. The predicted molar refractivity (Wildman–Crippen MR) is 46.5 cm³/mol. The number of hydrogen-bond acceptors (Lipinski definition) is 2. The van der Waals surface area contributed by atoms with E-state index in [9.17, 15) is 0 Å². The maximum Gasteiger partial charge on any atom is 0.192 e. The second-order valence-corrected chi connectivity index (χ2v) is 3.19. The molecule has 0 spiro atoms. The van der Waals surface area contributed by atoms with E-state index >= 15 is 0 Å². The third kappa shape index (κ3) is 2.07. The fourth-order valence-electron chi connectivity index (χ4n) is 1.13. The zero-order valence-corrected chi connectivity index (χ0v) is 7.42. The van der Waals surface area contributed by atoms with Crippen molar-refractivity contribution in [3.8, 4) is 0 Å². The Bertz CT molecular complexity index is 196. The van der Waals surface area contributed by atoms with Gasteiger partial charge in [-0.25, -0.2) is 0 Å². The molecule has 1 fully saturated rings. The minimum atomic E-state index is 0.552. The summed E-state index contributed by atoms with van der Waals surface area (Å²) < 4.78 is 5.35. The first-order chi connectivity index (χ1) is 5.15. The van der Waals surface area contributed by atoms with E-state index in [1.165, 1.54) is 6.42 Å². The Balaban J connectivity index is 2.45. The summed E-state index contributed by atoms with van der Waals surface area (Å²) in [5, 5.41) is 0. The maximum atomic E-state index is 5.35. The van der Waals surface area contributed by atoms with E-state index in [0.29, 0.717) is 5.92 Å². The van der Waals surface area contributed by atoms with Gasteiger partial charge >= 0.3 is 0 Å². The molecule has 0 radical (unpaired) electrons. The number of allylic oxidation sites excluding steroid dienone is 1. The third-order valence-electron chi connectivity index (χ3n) is 1.93. The van der Waals surface area contributed by atoms with Gasteiger partial charge in [0, 0.05) is 13.0 Å². The van der Waals surface area contributed by atoms with Crippen LogP contribution >= 0.6 is 0 Å². The average molecular weight is 153 g/mol. The van der Waals surface area contributed by atoms with Gasteiger partial charge in [-0.2, -0.15) is 0 Å². The normalized spacial score (nSPS) is 29.9. The number of aliphatic imine (C=N–C) groups is 1. The minimum Gasteiger partial charge on any atom is -0.448 e. The number of nitrogens with zero attached hydrogens (tertiary/aromatic N) is 1. The van der Waals surface area contributed by atoms with Crippen LogP contribution in [-0.2, 0) is 4.74 Å². The molecule has 2 heteroatoms. The first kappa shape index (κ1) is 8.31. The Morgan fingerprint density at radius 1 is 1.64 bits per heavy atom. The molecule has 0 amide bonds. The minimum absolute atomic E-state index is 0.552. The molecule has 0 aromatic carbocycles. The molecular weight excluding hydrogens is 138 g/mol. The van der Waals surface area contributed by atoms with Crippen LogP contribution < -0.4 is 0 Å². The lowest BCUT2D eigenvalue weighted by molar-refractivity contribution is 0.399. The van der Waals surface area contributed by atoms with Crippen molar-refractivity contribution in [3.63, 3.8) is 0 Å². The predicted octanol–water partition coefficient (Wildman–Crippen LogP) is 2.22. The molecule has 11 heavy (non-hydrogen) atoms. The monoisotopic (exact) mass is 153 g/mol. The summed E-state index contributed by atoms with van der Waals surface area (Å²) >= 11 is 0. The lowest BCUT2D eigenvalue weighted by Crippen LogP contribution is -2.06. The van der Waals surface area contributed by atoms with Crippen molar-refractivity contribution in [3.05, 3.63) is 12.3 Å². The van der Waals surface area contributed by atoms with Crippen LogP contribution in [0.1, 0.15) is 20.3 Å². The zero-order chi connectivity index (χ0) is 8.43. The van der Waals surface area contributed by atoms with Crippen molar-refractivity contribution >= 4 is 5.90 Å². The lowest BCUT2D eigenvalue weighted by atomic mass is 10.3. The molecule has 2 unspecified atom stereocenters. The molecule has 0 aliphatic heterocycles. The number of ether oxygens (including phenoxy) is 1. The summed E-state index contributed by atoms with van der Waals surface area (Å²) in [5.74, 6) is 2.87. The van der Waals surface area contributed by atoms with E-state index in [1.807, 2.05) is 6.92 Å². The standard InChI is InChI=1S/C9H15NO/c1-6(2)11-9(10-4)8-5-7(8)3/h7-8H,1,5H2,2-4H3. The average Bonchev–Trinajstić information content (AvgIpc) is 2.61. The highest BCUT2D eigenvalue weighted by atomic mass is 16.5. The van der Waals surface area contributed by atoms with Crippen LogP contribution in [0.15, 0.2) is 17.3 Å². The Kier molecular flexibility index (Phi) is 2.32. The van der Waals surface area contributed by atoms with Crippen molar-refractivity contribution in [2.75, 3.05) is 7.05 Å². The van der Waals surface area contributed by atoms with Gasteiger partial charge in [0.1, 0.15) is 0 Å². The van der Waals surface area contributed by atoms with E-state index in [1.54, 1.807) is 7.05 Å². The van der Waals surface area contributed by atoms with E-state index < -0.39 is 0 Å². The summed E-state index contributed by atoms with van der Waals surface area (Å²) in [4.78, 5) is 4.07. The highest BCUT2D eigenvalue weighted by Gasteiger charge is 2.38. The molecule has 1 aliphatic rings. The fourth-order valence-corrected chi connectivity index (χ4v) is 1.13. The molecule has 1 rings (SSSR count). The summed E-state index contributed by atoms with van der Waals surface area (Å²) in [7, 11) is 1.77. The highest BCUT2D eigenvalue weighted by Crippen LogP contribution is 2.39. The molecule has 0 heterocycles. The molecule has 0 aromatic rings. The van der Waals surface area contributed by atoms with Crippen molar-refractivity contribution in [2.45, 2.75) is 20.3 Å². The second-order valence-electron chi connectivity index (χ2n) is 3.19. The second kappa shape index (κ2) is 3.07. The van der Waals surface area contributed by atoms with E-state index in [-0.39, 0.29) is 0 Å². The van der Waals surface area contributed by atoms with Crippen LogP contribution in [0.3, 0.4) is 0 Å². The summed E-state index contributed by atoms with van der Waals surface area (Å²) in [6.45, 7) is 7.73. The first-order valence-electron chi connectivity index (χ1n) is 3.95. The molecule has 62 valence electrons. The molecule has 0 N–H and O–H groups in total. The van der Waals surface area contributed by atoms with Crippen LogP contribution in [0.5, 0.6) is 0 Å². The quantitative estimate of drug-likeness (QED) is 0.338. The first-order valence-corrected chi connectivity index (χ1v) is 3.95. The molecule has 0 bridgehead atoms. The number of rotatable bonds is 2. The summed E-state index contributed by atoms with van der Waals surface area (Å²) in [6, 6.07) is 0. The van der Waals surface area contributed by atoms with Crippen molar-refractivity contribution in [2.24, 2.45) is 16.8 Å². The van der Waals surface area contributed by atoms with Crippen LogP contribution in [-0.4, -0.2) is 12.9 Å². The van der Waals surface area contributed by atoms with Gasteiger partial charge in [0.05, 0.1) is 5.76 Å². The van der Waals surface area contributed by atoms with Gasteiger partial charge in [-0.3, -0.25) is 4.99 Å². The van der Waals surface area contributed by atoms with Crippen LogP contribution in [0.2, 0.25) is 0 Å². The summed E-state index contributed by atoms with van der Waals surface area (Å²) in [5.41, 5.74) is 0. The van der Waals surface area contributed by atoms with Crippen LogP contribution in [0, 0.1) is 11.8 Å². The largest absolute Gasteiger partial charge is 0.448 e. The van der Waals surface area contributed by atoms with Gasteiger partial charge in [0.15, 0.2) is 5.90 Å². The van der Waals surface area contributed by atoms with E-state index in [0.717, 1.165) is 17.6 Å². The molecule has 1 saturated carbocycles. The van der Waals surface area contributed by atoms with Crippen molar-refractivity contribution < 1.29 is 4.74 Å². The molecule has 0 aromatic heterocycles. The zero-order valence-electron chi connectivity index (χ0n) is 7.42. The molecular formula is C9H15NO. The Morgan fingerprint density at radius 3 is 2.45 bits per heavy atom. The van der Waals surface area contributed by atoms with Gasteiger partial charge in [0.2, 0.25) is 0 Å². The van der Waals surface area contributed by atoms with Gasteiger partial charge < -0.3 is 4.74 Å². The topological polar surface area (TPSA) is 21.6 Å². The molecule has 1 aliphatic carbocycles. The highest BCUT2D eigenvalue weighted by molar-refractivity contribution is 5.82. The Morgan fingerprint density at radius 2 is 2.18 bits per heavy atom. The smallest absolute Gasteiger partial charge is 0.192 e. The van der Waals surface area contributed by atoms with Crippen LogP contribution in [0.4, 0.5) is 0 Å². The van der Waals surface area contributed by atoms with Gasteiger partial charge in [0.25, 0.3) is 0 Å². The van der Waals surface area contributed by atoms with Gasteiger partial charge in [-0.15, -0.1) is 0 Å². The molecule has 2 atom stereocenters. The van der Waals surface area contributed by atoms with Crippen molar-refractivity contribution in [1.82, 2.24) is 0 Å². The molecule has 2 nitrogen and oxygen atoms in total. The molecule has 0 saturated heterocycles. The van der Waals surface area contributed by atoms with Crippen molar-refractivity contribution in [1.29, 1.82) is 0 Å².